The summed E-state index contributed by atoms with van der Waals surface area (Å²) in [6.45, 7) is 6.83. The van der Waals surface area contributed by atoms with Gasteiger partial charge in [-0.15, -0.1) is 24.0 Å². The summed E-state index contributed by atoms with van der Waals surface area (Å²) in [5.41, 5.74) is -0.448. The Labute approximate surface area is 126 Å². The van der Waals surface area contributed by atoms with Crippen LogP contribution in [0.25, 0.3) is 0 Å². The number of nitrogens with one attached hydrogen (secondary N) is 3. The predicted octanol–water partition coefficient (Wildman–Crippen LogP) is 1.31. The van der Waals surface area contributed by atoms with Crippen LogP contribution in [-0.2, 0) is 4.74 Å². The van der Waals surface area contributed by atoms with Gasteiger partial charge in [-0.3, -0.25) is 4.99 Å². The number of ether oxygens (including phenoxy) is 1. The monoisotopic (exact) mass is 372 g/mol. The van der Waals surface area contributed by atoms with Crippen molar-refractivity contribution in [1.82, 2.24) is 16.0 Å². The Hall–Kier alpha value is -0.730. The van der Waals surface area contributed by atoms with Crippen molar-refractivity contribution in [3.63, 3.8) is 0 Å². The number of hydrogen-bond acceptors (Lipinski definition) is 3. The first-order valence-electron chi connectivity index (χ1n) is 5.74. The minimum atomic E-state index is -0.448. The number of carbonyl (C=O) groups excluding carboxylic acids is 1. The molecule has 1 amide bonds. The van der Waals surface area contributed by atoms with E-state index in [-0.39, 0.29) is 30.1 Å². The molecule has 0 saturated carbocycles. The zero-order valence-electron chi connectivity index (χ0n) is 11.8. The van der Waals surface area contributed by atoms with Gasteiger partial charge in [-0.05, 0) is 27.2 Å². The Bertz CT molecular complexity index is 264. The Morgan fingerprint density at radius 3 is 2.22 bits per heavy atom. The number of halogens is 1. The van der Waals surface area contributed by atoms with E-state index in [9.17, 15) is 4.79 Å². The second-order valence-electron chi connectivity index (χ2n) is 4.53. The van der Waals surface area contributed by atoms with Gasteiger partial charge in [0.1, 0.15) is 5.60 Å². The third kappa shape index (κ3) is 11.7. The van der Waals surface area contributed by atoms with Gasteiger partial charge in [0.15, 0.2) is 5.96 Å². The van der Waals surface area contributed by atoms with E-state index in [1.807, 2.05) is 20.8 Å². The topological polar surface area (TPSA) is 74.8 Å². The third-order valence-electron chi connectivity index (χ3n) is 1.77. The van der Waals surface area contributed by atoms with Crippen molar-refractivity contribution in [2.24, 2.45) is 4.99 Å². The van der Waals surface area contributed by atoms with Crippen molar-refractivity contribution in [3.8, 4) is 0 Å². The highest BCUT2D eigenvalue weighted by Gasteiger charge is 2.15. The van der Waals surface area contributed by atoms with Crippen LogP contribution < -0.4 is 16.0 Å². The molecule has 0 rings (SSSR count). The van der Waals surface area contributed by atoms with Gasteiger partial charge in [-0.25, -0.2) is 4.79 Å². The normalized spacial score (nSPS) is 11.3. The minimum absolute atomic E-state index is 0. The molecule has 0 unspecified atom stereocenters. The number of carbonyl (C=O) groups is 1. The van der Waals surface area contributed by atoms with Crippen molar-refractivity contribution >= 4 is 36.0 Å². The van der Waals surface area contributed by atoms with Gasteiger partial charge in [0.05, 0.1) is 0 Å². The van der Waals surface area contributed by atoms with Crippen molar-refractivity contribution in [2.75, 3.05) is 27.2 Å². The molecule has 0 aliphatic heterocycles. The minimum Gasteiger partial charge on any atom is -0.444 e. The number of hydrogen-bond donors (Lipinski definition) is 3. The van der Waals surface area contributed by atoms with Crippen LogP contribution in [-0.4, -0.2) is 44.8 Å². The Morgan fingerprint density at radius 1 is 1.22 bits per heavy atom. The molecule has 7 heteroatoms. The zero-order chi connectivity index (χ0) is 13.3. The molecule has 18 heavy (non-hydrogen) atoms. The van der Waals surface area contributed by atoms with E-state index in [2.05, 4.69) is 20.9 Å². The average Bonchev–Trinajstić information content (AvgIpc) is 2.21. The lowest BCUT2D eigenvalue weighted by molar-refractivity contribution is 0.0527. The first-order chi connectivity index (χ1) is 7.89. The Kier molecular flexibility index (Phi) is 11.1. The molecule has 108 valence electrons. The summed E-state index contributed by atoms with van der Waals surface area (Å²) in [5, 5.41) is 8.68. The van der Waals surface area contributed by atoms with Crippen LogP contribution in [0.15, 0.2) is 4.99 Å². The number of rotatable bonds is 4. The predicted molar refractivity (Wildman–Crippen MR) is 84.7 cm³/mol. The van der Waals surface area contributed by atoms with Crippen LogP contribution in [0.5, 0.6) is 0 Å². The third-order valence-corrected chi connectivity index (χ3v) is 1.77. The van der Waals surface area contributed by atoms with Gasteiger partial charge in [0, 0.05) is 27.2 Å². The number of amides is 1. The van der Waals surface area contributed by atoms with E-state index in [0.717, 1.165) is 18.9 Å². The fourth-order valence-electron chi connectivity index (χ4n) is 1.08. The Balaban J connectivity index is 0. The highest BCUT2D eigenvalue weighted by Crippen LogP contribution is 2.06. The van der Waals surface area contributed by atoms with Crippen molar-refractivity contribution in [1.29, 1.82) is 0 Å². The van der Waals surface area contributed by atoms with Crippen LogP contribution in [0.4, 0.5) is 4.79 Å². The molecule has 0 fully saturated rings. The van der Waals surface area contributed by atoms with Crippen LogP contribution in [0.1, 0.15) is 27.2 Å². The Morgan fingerprint density at radius 2 is 1.78 bits per heavy atom. The summed E-state index contributed by atoms with van der Waals surface area (Å²) in [4.78, 5) is 15.2. The zero-order valence-corrected chi connectivity index (χ0v) is 14.1. The lowest BCUT2D eigenvalue weighted by atomic mass is 10.2. The fraction of sp³-hybridized carbons (Fsp3) is 0.818. The molecule has 6 nitrogen and oxygen atoms in total. The van der Waals surface area contributed by atoms with Crippen molar-refractivity contribution in [3.05, 3.63) is 0 Å². The van der Waals surface area contributed by atoms with Crippen molar-refractivity contribution in [2.45, 2.75) is 32.8 Å². The molecule has 0 aliphatic carbocycles. The molecule has 0 saturated heterocycles. The molecule has 0 aromatic rings. The molecule has 0 heterocycles. The molecule has 0 bridgehead atoms. The van der Waals surface area contributed by atoms with Crippen LogP contribution in [0.3, 0.4) is 0 Å². The standard InChI is InChI=1S/C11H24N4O2.HI/c1-11(2,3)17-10(16)15-8-6-7-14-9(12-4)13-5;/h6-8H2,1-5H3,(H,15,16)(H2,12,13,14);1H. The number of alkyl carbamates (subject to hydrolysis) is 1. The molecule has 0 aliphatic rings. The highest BCUT2D eigenvalue weighted by atomic mass is 127. The lowest BCUT2D eigenvalue weighted by Crippen LogP contribution is -2.37. The number of nitrogens with zero attached hydrogens (tertiary/aromatic N) is 1. The SMILES string of the molecule is CN=C(NC)NCCCNC(=O)OC(C)(C)C.I. The second-order valence-corrected chi connectivity index (χ2v) is 4.53. The molecule has 3 N–H and O–H groups in total. The van der Waals surface area contributed by atoms with E-state index in [0.29, 0.717) is 6.54 Å². The smallest absolute Gasteiger partial charge is 0.407 e. The van der Waals surface area contributed by atoms with Gasteiger partial charge >= 0.3 is 6.09 Å². The van der Waals surface area contributed by atoms with Crippen molar-refractivity contribution < 1.29 is 9.53 Å². The van der Waals surface area contributed by atoms with Gasteiger partial charge in [0.2, 0.25) is 0 Å². The molecular weight excluding hydrogens is 347 g/mol. The molecule has 0 spiro atoms. The summed E-state index contributed by atoms with van der Waals surface area (Å²) >= 11 is 0. The quantitative estimate of drug-likeness (QED) is 0.301. The first-order valence-corrected chi connectivity index (χ1v) is 5.74. The molecule has 0 aromatic heterocycles. The van der Waals surface area contributed by atoms with E-state index < -0.39 is 5.60 Å². The number of aliphatic imine (C=N–C) groups is 1. The maximum Gasteiger partial charge on any atom is 0.407 e. The van der Waals surface area contributed by atoms with Crippen LogP contribution >= 0.6 is 24.0 Å². The van der Waals surface area contributed by atoms with Gasteiger partial charge < -0.3 is 20.7 Å². The average molecular weight is 372 g/mol. The highest BCUT2D eigenvalue weighted by molar-refractivity contribution is 14.0. The molecule has 0 aromatic carbocycles. The van der Waals surface area contributed by atoms with E-state index >= 15 is 0 Å². The van der Waals surface area contributed by atoms with Gasteiger partial charge in [-0.2, -0.15) is 0 Å². The molecule has 0 atom stereocenters. The summed E-state index contributed by atoms with van der Waals surface area (Å²) in [6, 6.07) is 0. The fourth-order valence-corrected chi connectivity index (χ4v) is 1.08. The largest absolute Gasteiger partial charge is 0.444 e. The van der Waals surface area contributed by atoms with Crippen LogP contribution in [0, 0.1) is 0 Å². The van der Waals surface area contributed by atoms with E-state index in [1.54, 1.807) is 14.1 Å². The lowest BCUT2D eigenvalue weighted by Gasteiger charge is -2.19. The van der Waals surface area contributed by atoms with Gasteiger partial charge in [-0.1, -0.05) is 0 Å². The summed E-state index contributed by atoms with van der Waals surface area (Å²) < 4.78 is 5.10. The van der Waals surface area contributed by atoms with Gasteiger partial charge in [0.25, 0.3) is 0 Å². The van der Waals surface area contributed by atoms with E-state index in [1.165, 1.54) is 0 Å². The summed E-state index contributed by atoms with van der Waals surface area (Å²) in [7, 11) is 3.51. The van der Waals surface area contributed by atoms with Crippen LogP contribution in [0.2, 0.25) is 0 Å². The molecular formula is C11H25IN4O2. The first kappa shape index (κ1) is 19.6. The van der Waals surface area contributed by atoms with E-state index in [4.69, 9.17) is 4.74 Å². The second kappa shape index (κ2) is 10.2. The number of guanidine groups is 1. The maximum absolute atomic E-state index is 11.3. The summed E-state index contributed by atoms with van der Waals surface area (Å²) in [5.74, 6) is 0.738. The maximum atomic E-state index is 11.3. The summed E-state index contributed by atoms with van der Waals surface area (Å²) in [6.07, 6.45) is 0.426. The molecule has 0 radical (unpaired) electrons.